The number of ketones is 1. The summed E-state index contributed by atoms with van der Waals surface area (Å²) in [7, 11) is 3.97. The molecule has 0 saturated carbocycles. The van der Waals surface area contributed by atoms with Crippen molar-refractivity contribution in [2.45, 2.75) is 98.7 Å². The van der Waals surface area contributed by atoms with Crippen molar-refractivity contribution < 1.29 is 31.9 Å². The lowest BCUT2D eigenvalue weighted by atomic mass is 9.83. The maximum absolute atomic E-state index is 16.1. The summed E-state index contributed by atoms with van der Waals surface area (Å²) in [5.41, 5.74) is 2.11. The summed E-state index contributed by atoms with van der Waals surface area (Å²) in [5, 5.41) is 0. The number of carbonyl (C=O) groups excluding carboxylic acids is 2. The van der Waals surface area contributed by atoms with E-state index in [2.05, 4.69) is 4.90 Å². The molecule has 2 atom stereocenters. The van der Waals surface area contributed by atoms with Gasteiger partial charge in [-0.1, -0.05) is 19.9 Å². The van der Waals surface area contributed by atoms with Gasteiger partial charge < -0.3 is 14.2 Å². The number of Topliss-reactive ketones (excluding diaryl/α,β-unsaturated/α-hetero) is 1. The van der Waals surface area contributed by atoms with E-state index in [1.165, 1.54) is 42.7 Å². The van der Waals surface area contributed by atoms with Crippen LogP contribution in [0.4, 0.5) is 17.6 Å². The van der Waals surface area contributed by atoms with Gasteiger partial charge in [-0.05, 0) is 143 Å². The summed E-state index contributed by atoms with van der Waals surface area (Å²) in [6.07, 6.45) is -1.53. The fraction of sp³-hybridized carbons (Fsp3) is 0.513. The van der Waals surface area contributed by atoms with E-state index in [1.54, 1.807) is 20.0 Å². The van der Waals surface area contributed by atoms with Crippen LogP contribution in [-0.2, 0) is 26.9 Å². The third-order valence-corrected chi connectivity index (χ3v) is 9.01. The molecule has 0 aliphatic carbocycles. The maximum atomic E-state index is 16.1. The number of rotatable bonds is 15. The molecule has 2 aromatic carbocycles. The number of hydrogen-bond acceptors (Lipinski definition) is 5. The van der Waals surface area contributed by atoms with Gasteiger partial charge in [0.15, 0.2) is 5.78 Å². The third-order valence-electron chi connectivity index (χ3n) is 9.01. The van der Waals surface area contributed by atoms with Crippen molar-refractivity contribution in [3.05, 3.63) is 91.6 Å². The van der Waals surface area contributed by atoms with Crippen LogP contribution < -0.4 is 5.56 Å². The van der Waals surface area contributed by atoms with Crippen LogP contribution in [0.25, 0.3) is 11.1 Å². The topological polar surface area (TPSA) is 68.6 Å². The van der Waals surface area contributed by atoms with Crippen molar-refractivity contribution in [3.8, 4) is 11.1 Å². The van der Waals surface area contributed by atoms with E-state index in [-0.39, 0.29) is 53.4 Å². The van der Waals surface area contributed by atoms with Gasteiger partial charge in [0, 0.05) is 24.6 Å². The Balaban J connectivity index is 2.16. The highest BCUT2D eigenvalue weighted by Crippen LogP contribution is 2.40. The molecule has 0 radical (unpaired) electrons. The van der Waals surface area contributed by atoms with E-state index in [0.717, 1.165) is 30.2 Å². The van der Waals surface area contributed by atoms with Gasteiger partial charge in [0.25, 0.3) is 5.56 Å². The molecule has 0 bridgehead atoms. The molecule has 3 aromatic rings. The van der Waals surface area contributed by atoms with Crippen LogP contribution in [0.5, 0.6) is 0 Å². The Bertz CT molecular complexity index is 1710. The fourth-order valence-electron chi connectivity index (χ4n) is 6.55. The number of benzene rings is 2. The summed E-state index contributed by atoms with van der Waals surface area (Å²) in [6.45, 7) is 12.9. The van der Waals surface area contributed by atoms with E-state index in [0.29, 0.717) is 29.5 Å². The van der Waals surface area contributed by atoms with Gasteiger partial charge >= 0.3 is 12.1 Å². The van der Waals surface area contributed by atoms with Gasteiger partial charge in [-0.25, -0.2) is 4.39 Å². The van der Waals surface area contributed by atoms with E-state index in [1.807, 2.05) is 34.9 Å². The molecule has 1 unspecified atom stereocenters. The van der Waals surface area contributed by atoms with Crippen molar-refractivity contribution in [1.29, 1.82) is 0 Å². The van der Waals surface area contributed by atoms with Gasteiger partial charge in [0.05, 0.1) is 24.6 Å². The molecular weight excluding hydrogens is 636 g/mol. The molecule has 6 nitrogen and oxygen atoms in total. The van der Waals surface area contributed by atoms with Crippen LogP contribution in [0.2, 0.25) is 0 Å². The Morgan fingerprint density at radius 3 is 2.22 bits per heavy atom. The predicted molar refractivity (Wildman–Crippen MR) is 185 cm³/mol. The Morgan fingerprint density at radius 2 is 1.63 bits per heavy atom. The summed E-state index contributed by atoms with van der Waals surface area (Å²) < 4.78 is 64.4. The Hall–Kier alpha value is -3.79. The number of carbonyl (C=O) groups is 2. The van der Waals surface area contributed by atoms with E-state index in [9.17, 15) is 27.6 Å². The SMILES string of the molecule is CCOC(=O)C[C@H](CC(=O)C(CC(C)C)n1cc(CCCN(C)C)c(C)cc1=O)c1cc(-c2c(C)ccc(C(F)(F)F)c2C)cc(C)c1F. The van der Waals surface area contributed by atoms with Crippen molar-refractivity contribution in [3.63, 3.8) is 0 Å². The quantitative estimate of drug-likeness (QED) is 0.118. The minimum atomic E-state index is -4.59. The lowest BCUT2D eigenvalue weighted by Gasteiger charge is -2.26. The van der Waals surface area contributed by atoms with Gasteiger partial charge in [0.2, 0.25) is 0 Å². The van der Waals surface area contributed by atoms with Crippen LogP contribution in [0.3, 0.4) is 0 Å². The average molecular weight is 687 g/mol. The fourth-order valence-corrected chi connectivity index (χ4v) is 6.55. The molecule has 0 aliphatic heterocycles. The van der Waals surface area contributed by atoms with Crippen LogP contribution >= 0.6 is 0 Å². The van der Waals surface area contributed by atoms with Crippen LogP contribution in [-0.4, -0.2) is 48.5 Å². The average Bonchev–Trinajstić information content (AvgIpc) is 2.97. The molecule has 0 saturated heterocycles. The molecule has 268 valence electrons. The number of nitrogens with zero attached hydrogens (tertiary/aromatic N) is 2. The molecule has 1 aromatic heterocycles. The Labute approximate surface area is 287 Å². The standard InChI is InChI=1S/C39H50F4N2O4/c1-10-49-36(48)21-29(31-19-30(17-26(6)38(31)40)37-24(4)13-14-32(27(37)7)39(41,42)43)20-34(46)33(16-23(2)3)45-22-28(12-11-15-44(8)9)25(5)18-35(45)47/h13-14,17-19,22-23,29,33H,10-12,15-16,20-21H2,1-9H3/t29-,33?/m0/s1. The highest BCUT2D eigenvalue weighted by Gasteiger charge is 2.34. The number of pyridine rings is 1. The van der Waals surface area contributed by atoms with Crippen LogP contribution in [0.15, 0.2) is 41.3 Å². The largest absolute Gasteiger partial charge is 0.466 e. The Kier molecular flexibility index (Phi) is 13.5. The third kappa shape index (κ3) is 10.1. The molecule has 1 heterocycles. The van der Waals surface area contributed by atoms with E-state index < -0.39 is 35.5 Å². The predicted octanol–water partition coefficient (Wildman–Crippen LogP) is 8.68. The Morgan fingerprint density at radius 1 is 0.959 bits per heavy atom. The smallest absolute Gasteiger partial charge is 0.416 e. The number of alkyl halides is 3. The van der Waals surface area contributed by atoms with Crippen molar-refractivity contribution in [1.82, 2.24) is 9.47 Å². The zero-order chi connectivity index (χ0) is 36.8. The van der Waals surface area contributed by atoms with Crippen molar-refractivity contribution in [2.24, 2.45) is 5.92 Å². The molecule has 10 heteroatoms. The van der Waals surface area contributed by atoms with Gasteiger partial charge in [-0.15, -0.1) is 0 Å². The second-order valence-corrected chi connectivity index (χ2v) is 13.8. The first-order valence-corrected chi connectivity index (χ1v) is 16.9. The maximum Gasteiger partial charge on any atom is 0.416 e. The first kappa shape index (κ1) is 39.6. The number of aromatic nitrogens is 1. The first-order valence-electron chi connectivity index (χ1n) is 16.9. The zero-order valence-corrected chi connectivity index (χ0v) is 30.2. The minimum Gasteiger partial charge on any atom is -0.466 e. The number of esters is 1. The summed E-state index contributed by atoms with van der Waals surface area (Å²) >= 11 is 0. The van der Waals surface area contributed by atoms with Gasteiger partial charge in [-0.2, -0.15) is 13.2 Å². The van der Waals surface area contributed by atoms with E-state index in [4.69, 9.17) is 4.74 Å². The molecule has 0 N–H and O–H groups in total. The number of aryl methyl sites for hydroxylation is 4. The van der Waals surface area contributed by atoms with Gasteiger partial charge in [0.1, 0.15) is 5.82 Å². The number of halogens is 4. The lowest BCUT2D eigenvalue weighted by Crippen LogP contribution is -2.32. The molecule has 49 heavy (non-hydrogen) atoms. The normalized spacial score (nSPS) is 13.2. The molecular formula is C39H50F4N2O4. The second-order valence-electron chi connectivity index (χ2n) is 13.8. The highest BCUT2D eigenvalue weighted by molar-refractivity contribution is 5.84. The molecule has 0 fully saturated rings. The van der Waals surface area contributed by atoms with Crippen molar-refractivity contribution in [2.75, 3.05) is 27.2 Å². The van der Waals surface area contributed by atoms with Crippen molar-refractivity contribution >= 4 is 11.8 Å². The van der Waals surface area contributed by atoms with E-state index >= 15 is 4.39 Å². The van der Waals surface area contributed by atoms with Gasteiger partial charge in [-0.3, -0.25) is 14.4 Å². The monoisotopic (exact) mass is 686 g/mol. The molecule has 0 amide bonds. The summed E-state index contributed by atoms with van der Waals surface area (Å²) in [5.74, 6) is -2.60. The zero-order valence-electron chi connectivity index (χ0n) is 30.2. The summed E-state index contributed by atoms with van der Waals surface area (Å²) in [4.78, 5) is 42.6. The summed E-state index contributed by atoms with van der Waals surface area (Å²) in [6, 6.07) is 6.02. The van der Waals surface area contributed by atoms with Crippen LogP contribution in [0.1, 0.15) is 97.4 Å². The minimum absolute atomic E-state index is 0.000364. The lowest BCUT2D eigenvalue weighted by molar-refractivity contribution is -0.143. The molecule has 0 aliphatic rings. The highest BCUT2D eigenvalue weighted by atomic mass is 19.4. The number of ether oxygens (including phenoxy) is 1. The number of hydrogen-bond donors (Lipinski definition) is 0. The molecule has 0 spiro atoms. The second kappa shape index (κ2) is 16.7. The van der Waals surface area contributed by atoms with Crippen LogP contribution in [0, 0.1) is 39.4 Å². The first-order chi connectivity index (χ1) is 22.8. The molecule has 3 rings (SSSR count).